The Morgan fingerprint density at radius 1 is 1.17 bits per heavy atom. The molecule has 0 bridgehead atoms. The maximum absolute atomic E-state index is 13.9. The zero-order valence-electron chi connectivity index (χ0n) is 10.3. The molecule has 0 aliphatic heterocycles. The number of hydrogen-bond acceptors (Lipinski definition) is 1. The minimum Gasteiger partial charge on any atom is -0.327 e. The highest BCUT2D eigenvalue weighted by atomic mass is 19.1. The molecule has 0 spiro atoms. The maximum Gasteiger partial charge on any atom is 0.143 e. The zero-order valence-corrected chi connectivity index (χ0v) is 10.3. The third-order valence-electron chi connectivity index (χ3n) is 3.15. The van der Waals surface area contributed by atoms with Crippen molar-refractivity contribution in [3.8, 4) is 11.4 Å². The normalized spacial score (nSPS) is 11.0. The predicted molar refractivity (Wildman–Crippen MR) is 74.3 cm³/mol. The average Bonchev–Trinajstić information content (AvgIpc) is 2.71. The van der Waals surface area contributed by atoms with Crippen LogP contribution >= 0.6 is 0 Å². The molecule has 0 unspecified atom stereocenters. The van der Waals surface area contributed by atoms with Gasteiger partial charge in [0.1, 0.15) is 19.5 Å². The fourth-order valence-electron chi connectivity index (χ4n) is 2.20. The first-order valence-electron chi connectivity index (χ1n) is 5.85. The summed E-state index contributed by atoms with van der Waals surface area (Å²) in [6.07, 6.45) is 0. The number of nitrogens with zero attached hydrogens (tertiary/aromatic N) is 2. The summed E-state index contributed by atoms with van der Waals surface area (Å²) < 4.78 is 15.8. The lowest BCUT2D eigenvalue weighted by Gasteiger charge is -2.05. The topological polar surface area (TPSA) is 17.8 Å². The summed E-state index contributed by atoms with van der Waals surface area (Å²) in [6, 6.07) is 12.9. The van der Waals surface area contributed by atoms with Gasteiger partial charge in [-0.25, -0.2) is 9.37 Å². The van der Waals surface area contributed by atoms with Crippen LogP contribution in [0.2, 0.25) is 0 Å². The van der Waals surface area contributed by atoms with Crippen molar-refractivity contribution in [1.82, 2.24) is 9.55 Å². The molecule has 0 radical (unpaired) electrons. The van der Waals surface area contributed by atoms with E-state index in [-0.39, 0.29) is 5.82 Å². The van der Waals surface area contributed by atoms with Gasteiger partial charge in [0.25, 0.3) is 0 Å². The van der Waals surface area contributed by atoms with Gasteiger partial charge >= 0.3 is 0 Å². The van der Waals surface area contributed by atoms with Crippen molar-refractivity contribution >= 4 is 24.3 Å². The quantitative estimate of drug-likeness (QED) is 0.589. The van der Waals surface area contributed by atoms with Gasteiger partial charge in [-0.2, -0.15) is 0 Å². The van der Waals surface area contributed by atoms with Gasteiger partial charge in [0.15, 0.2) is 0 Å². The van der Waals surface area contributed by atoms with E-state index in [1.54, 1.807) is 6.07 Å². The predicted octanol–water partition coefficient (Wildman–Crippen LogP) is 1.64. The number of halogens is 1. The van der Waals surface area contributed by atoms with Crippen molar-refractivity contribution in [2.45, 2.75) is 0 Å². The standard InChI is InChI=1S/C14H12BFN2/c1-18-13-5-3-2-4-12(13)17-14(18)10-8-9(15)6-7-11(10)16/h2-8H,15H2,1H3. The lowest BCUT2D eigenvalue weighted by molar-refractivity contribution is 0.629. The summed E-state index contributed by atoms with van der Waals surface area (Å²) in [6.45, 7) is 0. The number of rotatable bonds is 1. The number of aryl methyl sites for hydroxylation is 1. The van der Waals surface area contributed by atoms with Gasteiger partial charge in [0.2, 0.25) is 0 Å². The van der Waals surface area contributed by atoms with Crippen LogP contribution < -0.4 is 5.46 Å². The van der Waals surface area contributed by atoms with Crippen LogP contribution in [0.25, 0.3) is 22.4 Å². The first-order valence-corrected chi connectivity index (χ1v) is 5.85. The van der Waals surface area contributed by atoms with Gasteiger partial charge in [-0.05, 0) is 18.2 Å². The Morgan fingerprint density at radius 2 is 1.94 bits per heavy atom. The molecule has 1 heterocycles. The molecule has 2 nitrogen and oxygen atoms in total. The highest BCUT2D eigenvalue weighted by molar-refractivity contribution is 6.32. The Hall–Kier alpha value is -2.10. The average molecular weight is 238 g/mol. The van der Waals surface area contributed by atoms with E-state index < -0.39 is 0 Å². The van der Waals surface area contributed by atoms with Crippen molar-refractivity contribution in [1.29, 1.82) is 0 Å². The number of imidazole rings is 1. The largest absolute Gasteiger partial charge is 0.327 e. The molecule has 0 atom stereocenters. The summed E-state index contributed by atoms with van der Waals surface area (Å²) in [5.74, 6) is 0.427. The van der Waals surface area contributed by atoms with Crippen molar-refractivity contribution in [3.63, 3.8) is 0 Å². The molecule has 0 aliphatic rings. The monoisotopic (exact) mass is 238 g/mol. The molecule has 88 valence electrons. The Morgan fingerprint density at radius 3 is 2.72 bits per heavy atom. The Balaban J connectivity index is 2.31. The Kier molecular flexibility index (Phi) is 2.44. The van der Waals surface area contributed by atoms with Gasteiger partial charge in [0, 0.05) is 7.05 Å². The van der Waals surface area contributed by atoms with E-state index in [2.05, 4.69) is 4.98 Å². The van der Waals surface area contributed by atoms with Gasteiger partial charge in [0.05, 0.1) is 16.6 Å². The third kappa shape index (κ3) is 1.61. The minimum atomic E-state index is -0.237. The molecule has 3 aromatic rings. The number of aromatic nitrogens is 2. The summed E-state index contributed by atoms with van der Waals surface area (Å²) >= 11 is 0. The summed E-state index contributed by atoms with van der Waals surface area (Å²) in [4.78, 5) is 4.51. The van der Waals surface area contributed by atoms with Crippen LogP contribution in [0.5, 0.6) is 0 Å². The number of fused-ring (bicyclic) bond motifs is 1. The fourth-order valence-corrected chi connectivity index (χ4v) is 2.20. The van der Waals surface area contributed by atoms with Gasteiger partial charge in [-0.3, -0.25) is 0 Å². The molecule has 1 aromatic heterocycles. The van der Waals surface area contributed by atoms with E-state index in [1.807, 2.05) is 49.8 Å². The van der Waals surface area contributed by atoms with Gasteiger partial charge in [-0.15, -0.1) is 0 Å². The van der Waals surface area contributed by atoms with E-state index in [4.69, 9.17) is 0 Å². The Bertz CT molecular complexity index is 734. The van der Waals surface area contributed by atoms with E-state index >= 15 is 0 Å². The third-order valence-corrected chi connectivity index (χ3v) is 3.15. The SMILES string of the molecule is Bc1ccc(F)c(-c2nc3ccccc3n2C)c1. The second-order valence-corrected chi connectivity index (χ2v) is 4.47. The molecule has 0 aliphatic carbocycles. The molecular formula is C14H12BFN2. The lowest BCUT2D eigenvalue weighted by atomic mass is 9.94. The molecule has 0 amide bonds. The molecule has 0 saturated carbocycles. The minimum absolute atomic E-state index is 0.237. The first-order chi connectivity index (χ1) is 8.66. The van der Waals surface area contributed by atoms with Crippen LogP contribution in [0.1, 0.15) is 0 Å². The molecule has 0 N–H and O–H groups in total. The van der Waals surface area contributed by atoms with E-state index in [9.17, 15) is 4.39 Å². The van der Waals surface area contributed by atoms with Crippen molar-refractivity contribution in [2.75, 3.05) is 0 Å². The smallest absolute Gasteiger partial charge is 0.143 e. The fraction of sp³-hybridized carbons (Fsp3) is 0.0714. The highest BCUT2D eigenvalue weighted by Gasteiger charge is 2.13. The summed E-state index contributed by atoms with van der Waals surface area (Å²) in [5.41, 5.74) is 3.47. The van der Waals surface area contributed by atoms with Crippen molar-refractivity contribution in [3.05, 3.63) is 48.3 Å². The van der Waals surface area contributed by atoms with Crippen LogP contribution in [0, 0.1) is 5.82 Å². The van der Waals surface area contributed by atoms with Crippen molar-refractivity contribution < 1.29 is 4.39 Å². The van der Waals surface area contributed by atoms with E-state index in [0.29, 0.717) is 11.4 Å². The second-order valence-electron chi connectivity index (χ2n) is 4.47. The summed E-state index contributed by atoms with van der Waals surface area (Å²) in [5, 5.41) is 0. The molecule has 18 heavy (non-hydrogen) atoms. The number of para-hydroxylation sites is 2. The van der Waals surface area contributed by atoms with Crippen LogP contribution in [0.3, 0.4) is 0 Å². The number of benzene rings is 2. The molecule has 0 saturated heterocycles. The van der Waals surface area contributed by atoms with Crippen molar-refractivity contribution in [2.24, 2.45) is 7.05 Å². The first kappa shape index (κ1) is 11.0. The maximum atomic E-state index is 13.9. The van der Waals surface area contributed by atoms with Crippen LogP contribution in [-0.4, -0.2) is 17.4 Å². The molecule has 0 fully saturated rings. The summed E-state index contributed by atoms with van der Waals surface area (Å²) in [7, 11) is 3.86. The van der Waals surface area contributed by atoms with Crippen LogP contribution in [-0.2, 0) is 7.05 Å². The Labute approximate surface area is 105 Å². The zero-order chi connectivity index (χ0) is 12.7. The molecule has 2 aromatic carbocycles. The number of hydrogen-bond donors (Lipinski definition) is 0. The van der Waals surface area contributed by atoms with E-state index in [0.717, 1.165) is 16.5 Å². The van der Waals surface area contributed by atoms with Crippen LogP contribution in [0.4, 0.5) is 4.39 Å². The molecular weight excluding hydrogens is 226 g/mol. The lowest BCUT2D eigenvalue weighted by Crippen LogP contribution is -2.04. The van der Waals surface area contributed by atoms with Gasteiger partial charge in [-0.1, -0.05) is 29.7 Å². The molecule has 4 heteroatoms. The van der Waals surface area contributed by atoms with E-state index in [1.165, 1.54) is 6.07 Å². The van der Waals surface area contributed by atoms with Crippen LogP contribution in [0.15, 0.2) is 42.5 Å². The second kappa shape index (κ2) is 3.98. The molecule has 3 rings (SSSR count). The highest BCUT2D eigenvalue weighted by Crippen LogP contribution is 2.24. The van der Waals surface area contributed by atoms with Gasteiger partial charge < -0.3 is 4.57 Å².